The van der Waals surface area contributed by atoms with Crippen LogP contribution in [0.4, 0.5) is 4.79 Å². The number of carbonyl (C=O) groups is 1. The van der Waals surface area contributed by atoms with Crippen molar-refractivity contribution in [1.82, 2.24) is 10.2 Å². The molecule has 0 saturated heterocycles. The Morgan fingerprint density at radius 2 is 2.19 bits per heavy atom. The standard InChI is InChI=1S/C16H26N2O2S/c1-3-14(15-5-4-10-21-15)17-16(20)18(2)13-8-6-12(11-19)7-9-13/h4-5,10,12-14,19H,3,6-9,11H2,1-2H3,(H,17,20). The summed E-state index contributed by atoms with van der Waals surface area (Å²) < 4.78 is 0. The lowest BCUT2D eigenvalue weighted by Gasteiger charge is -2.34. The van der Waals surface area contributed by atoms with Crippen molar-refractivity contribution in [3.05, 3.63) is 22.4 Å². The molecular weight excluding hydrogens is 284 g/mol. The molecule has 1 atom stereocenters. The lowest BCUT2D eigenvalue weighted by atomic mass is 9.86. The first-order valence-corrected chi connectivity index (χ1v) is 8.71. The molecule has 0 aromatic carbocycles. The summed E-state index contributed by atoms with van der Waals surface area (Å²) in [4.78, 5) is 15.5. The number of rotatable bonds is 5. The molecule has 2 N–H and O–H groups in total. The third-order valence-electron chi connectivity index (χ3n) is 4.54. The van der Waals surface area contributed by atoms with Crippen LogP contribution in [0.3, 0.4) is 0 Å². The van der Waals surface area contributed by atoms with Crippen LogP contribution in [-0.4, -0.2) is 35.7 Å². The number of amides is 2. The summed E-state index contributed by atoms with van der Waals surface area (Å²) in [6, 6.07) is 4.52. The van der Waals surface area contributed by atoms with E-state index in [-0.39, 0.29) is 18.7 Å². The van der Waals surface area contributed by atoms with Crippen molar-refractivity contribution in [1.29, 1.82) is 0 Å². The van der Waals surface area contributed by atoms with Crippen molar-refractivity contribution in [2.75, 3.05) is 13.7 Å². The average Bonchev–Trinajstić information content (AvgIpc) is 3.06. The molecule has 1 heterocycles. The molecule has 0 radical (unpaired) electrons. The molecule has 0 aliphatic heterocycles. The molecule has 21 heavy (non-hydrogen) atoms. The van der Waals surface area contributed by atoms with Crippen LogP contribution in [0.5, 0.6) is 0 Å². The van der Waals surface area contributed by atoms with E-state index in [0.717, 1.165) is 32.1 Å². The molecule has 1 unspecified atom stereocenters. The summed E-state index contributed by atoms with van der Waals surface area (Å²) >= 11 is 1.69. The molecule has 1 aliphatic carbocycles. The molecule has 1 aromatic heterocycles. The van der Waals surface area contributed by atoms with Crippen LogP contribution in [-0.2, 0) is 0 Å². The number of nitrogens with zero attached hydrogens (tertiary/aromatic N) is 1. The first-order valence-electron chi connectivity index (χ1n) is 7.83. The topological polar surface area (TPSA) is 52.6 Å². The van der Waals surface area contributed by atoms with Gasteiger partial charge in [0, 0.05) is 24.6 Å². The minimum Gasteiger partial charge on any atom is -0.396 e. The summed E-state index contributed by atoms with van der Waals surface area (Å²) in [6.07, 6.45) is 4.91. The summed E-state index contributed by atoms with van der Waals surface area (Å²) in [7, 11) is 1.89. The van der Waals surface area contributed by atoms with Gasteiger partial charge in [-0.1, -0.05) is 13.0 Å². The van der Waals surface area contributed by atoms with Gasteiger partial charge in [-0.05, 0) is 49.5 Å². The van der Waals surface area contributed by atoms with Gasteiger partial charge in [0.15, 0.2) is 0 Å². The summed E-state index contributed by atoms with van der Waals surface area (Å²) in [5, 5.41) is 14.4. The highest BCUT2D eigenvalue weighted by molar-refractivity contribution is 7.10. The maximum absolute atomic E-state index is 12.4. The van der Waals surface area contributed by atoms with Crippen LogP contribution in [0.25, 0.3) is 0 Å². The van der Waals surface area contributed by atoms with Gasteiger partial charge in [0.2, 0.25) is 0 Å². The van der Waals surface area contributed by atoms with Gasteiger partial charge in [0.1, 0.15) is 0 Å². The molecule has 1 saturated carbocycles. The van der Waals surface area contributed by atoms with Crippen LogP contribution in [0.2, 0.25) is 0 Å². The van der Waals surface area contributed by atoms with Crippen molar-refractivity contribution >= 4 is 17.4 Å². The SMILES string of the molecule is CCC(NC(=O)N(C)C1CCC(CO)CC1)c1cccs1. The third kappa shape index (κ3) is 4.20. The van der Waals surface area contributed by atoms with E-state index in [1.807, 2.05) is 23.4 Å². The Balaban J connectivity index is 1.87. The van der Waals surface area contributed by atoms with Crippen LogP contribution in [0, 0.1) is 5.92 Å². The second-order valence-electron chi connectivity index (χ2n) is 5.89. The zero-order valence-electron chi connectivity index (χ0n) is 12.9. The van der Waals surface area contributed by atoms with Gasteiger partial charge in [0.25, 0.3) is 0 Å². The van der Waals surface area contributed by atoms with Crippen LogP contribution >= 0.6 is 11.3 Å². The molecule has 0 bridgehead atoms. The van der Waals surface area contributed by atoms with E-state index in [1.54, 1.807) is 11.3 Å². The van der Waals surface area contributed by atoms with Crippen molar-refractivity contribution in [3.63, 3.8) is 0 Å². The zero-order valence-corrected chi connectivity index (χ0v) is 13.7. The Kier molecular flexibility index (Phi) is 6.06. The molecule has 2 rings (SSSR count). The molecule has 118 valence electrons. The van der Waals surface area contributed by atoms with E-state index >= 15 is 0 Å². The molecule has 1 fully saturated rings. The number of urea groups is 1. The number of thiophene rings is 1. The Morgan fingerprint density at radius 3 is 2.71 bits per heavy atom. The van der Waals surface area contributed by atoms with Crippen molar-refractivity contribution in [2.24, 2.45) is 5.92 Å². The van der Waals surface area contributed by atoms with Gasteiger partial charge in [-0.15, -0.1) is 11.3 Å². The van der Waals surface area contributed by atoms with E-state index in [1.165, 1.54) is 4.88 Å². The highest BCUT2D eigenvalue weighted by Crippen LogP contribution is 2.27. The number of aliphatic hydroxyl groups is 1. The van der Waals surface area contributed by atoms with Gasteiger partial charge >= 0.3 is 6.03 Å². The second kappa shape index (κ2) is 7.80. The van der Waals surface area contributed by atoms with E-state index in [4.69, 9.17) is 0 Å². The Bertz CT molecular complexity index is 427. The molecular formula is C16H26N2O2S. The summed E-state index contributed by atoms with van der Waals surface area (Å²) in [5.41, 5.74) is 0. The van der Waals surface area contributed by atoms with Crippen LogP contribution in [0.15, 0.2) is 17.5 Å². The Labute approximate surface area is 131 Å². The molecule has 2 amide bonds. The Morgan fingerprint density at radius 1 is 1.48 bits per heavy atom. The number of nitrogens with one attached hydrogen (secondary N) is 1. The predicted octanol–water partition coefficient (Wildman–Crippen LogP) is 3.39. The number of hydrogen-bond donors (Lipinski definition) is 2. The summed E-state index contributed by atoms with van der Waals surface area (Å²) in [5.74, 6) is 0.423. The maximum atomic E-state index is 12.4. The maximum Gasteiger partial charge on any atom is 0.317 e. The molecule has 1 aliphatic rings. The van der Waals surface area contributed by atoms with Gasteiger partial charge in [0.05, 0.1) is 6.04 Å². The highest BCUT2D eigenvalue weighted by atomic mass is 32.1. The molecule has 5 heteroatoms. The van der Waals surface area contributed by atoms with E-state index in [2.05, 4.69) is 18.3 Å². The van der Waals surface area contributed by atoms with E-state index in [9.17, 15) is 9.90 Å². The largest absolute Gasteiger partial charge is 0.396 e. The Hall–Kier alpha value is -1.07. The van der Waals surface area contributed by atoms with Gasteiger partial charge in [-0.3, -0.25) is 0 Å². The first kappa shape index (κ1) is 16.3. The lowest BCUT2D eigenvalue weighted by Crippen LogP contribution is -2.46. The van der Waals surface area contributed by atoms with E-state index < -0.39 is 0 Å². The number of hydrogen-bond acceptors (Lipinski definition) is 3. The van der Waals surface area contributed by atoms with Crippen LogP contribution < -0.4 is 5.32 Å². The van der Waals surface area contributed by atoms with Crippen molar-refractivity contribution in [2.45, 2.75) is 51.1 Å². The highest BCUT2D eigenvalue weighted by Gasteiger charge is 2.27. The average molecular weight is 310 g/mol. The number of carbonyl (C=O) groups excluding carboxylic acids is 1. The monoisotopic (exact) mass is 310 g/mol. The minimum atomic E-state index is 0.0164. The fourth-order valence-corrected chi connectivity index (χ4v) is 3.86. The third-order valence-corrected chi connectivity index (χ3v) is 5.52. The molecule has 0 spiro atoms. The van der Waals surface area contributed by atoms with E-state index in [0.29, 0.717) is 12.0 Å². The zero-order chi connectivity index (χ0) is 15.2. The number of aliphatic hydroxyl groups excluding tert-OH is 1. The van der Waals surface area contributed by atoms with Gasteiger partial charge < -0.3 is 15.3 Å². The minimum absolute atomic E-state index is 0.0164. The first-order chi connectivity index (χ1) is 10.2. The lowest BCUT2D eigenvalue weighted by molar-refractivity contribution is 0.132. The fourth-order valence-electron chi connectivity index (χ4n) is 3.00. The fraction of sp³-hybridized carbons (Fsp3) is 0.688. The summed E-state index contributed by atoms with van der Waals surface area (Å²) in [6.45, 7) is 2.37. The normalized spacial score (nSPS) is 23.6. The predicted molar refractivity (Wildman–Crippen MR) is 86.5 cm³/mol. The quantitative estimate of drug-likeness (QED) is 0.876. The van der Waals surface area contributed by atoms with Crippen molar-refractivity contribution < 1.29 is 9.90 Å². The van der Waals surface area contributed by atoms with Gasteiger partial charge in [-0.2, -0.15) is 0 Å². The van der Waals surface area contributed by atoms with Gasteiger partial charge in [-0.25, -0.2) is 4.79 Å². The van der Waals surface area contributed by atoms with Crippen molar-refractivity contribution in [3.8, 4) is 0 Å². The smallest absolute Gasteiger partial charge is 0.317 e. The van der Waals surface area contributed by atoms with Crippen LogP contribution in [0.1, 0.15) is 49.9 Å². The molecule has 1 aromatic rings. The second-order valence-corrected chi connectivity index (χ2v) is 6.87. The molecule has 4 nitrogen and oxygen atoms in total.